The van der Waals surface area contributed by atoms with Crippen molar-refractivity contribution in [3.63, 3.8) is 0 Å². The lowest BCUT2D eigenvalue weighted by atomic mass is 10.2. The average molecular weight is 355 g/mol. The van der Waals surface area contributed by atoms with Crippen molar-refractivity contribution in [3.8, 4) is 5.75 Å². The van der Waals surface area contributed by atoms with E-state index in [4.69, 9.17) is 21.5 Å². The van der Waals surface area contributed by atoms with Gasteiger partial charge in [-0.15, -0.1) is 0 Å². The van der Waals surface area contributed by atoms with Gasteiger partial charge in [-0.1, -0.05) is 17.7 Å². The van der Waals surface area contributed by atoms with Crippen LogP contribution >= 0.6 is 11.6 Å². The standard InChI is InChI=1S/C15H15ClN2O4S/c1-10-2-7-13(16)14(8-10)22-23(20,21)12-5-3-11(4-6-12)18-15(19)9-17/h2-8H,9,17H2,1H3,(H,18,19). The van der Waals surface area contributed by atoms with Crippen LogP contribution in [0, 0.1) is 6.92 Å². The number of anilines is 1. The molecule has 0 aliphatic carbocycles. The lowest BCUT2D eigenvalue weighted by Crippen LogP contribution is -2.21. The maximum absolute atomic E-state index is 12.3. The van der Waals surface area contributed by atoms with E-state index in [1.807, 2.05) is 0 Å². The van der Waals surface area contributed by atoms with Crippen molar-refractivity contribution in [3.05, 3.63) is 53.1 Å². The number of carbonyl (C=O) groups excluding carboxylic acids is 1. The molecule has 0 unspecified atom stereocenters. The zero-order valence-corrected chi connectivity index (χ0v) is 13.8. The van der Waals surface area contributed by atoms with Gasteiger partial charge in [0, 0.05) is 5.69 Å². The fraction of sp³-hybridized carbons (Fsp3) is 0.133. The predicted octanol–water partition coefficient (Wildman–Crippen LogP) is 2.31. The van der Waals surface area contributed by atoms with Crippen molar-refractivity contribution in [2.45, 2.75) is 11.8 Å². The first-order valence-corrected chi connectivity index (χ1v) is 8.41. The largest absolute Gasteiger partial charge is 0.377 e. The van der Waals surface area contributed by atoms with Crippen molar-refractivity contribution >= 4 is 33.3 Å². The minimum atomic E-state index is -4.03. The van der Waals surface area contributed by atoms with Crippen molar-refractivity contribution < 1.29 is 17.4 Å². The van der Waals surface area contributed by atoms with Crippen LogP contribution in [0.5, 0.6) is 5.75 Å². The van der Waals surface area contributed by atoms with Crippen LogP contribution in [0.2, 0.25) is 5.02 Å². The fourth-order valence-electron chi connectivity index (χ4n) is 1.76. The van der Waals surface area contributed by atoms with E-state index in [1.54, 1.807) is 19.1 Å². The van der Waals surface area contributed by atoms with Gasteiger partial charge in [0.1, 0.15) is 4.90 Å². The van der Waals surface area contributed by atoms with Gasteiger partial charge in [-0.25, -0.2) is 0 Å². The Balaban J connectivity index is 2.22. The zero-order chi connectivity index (χ0) is 17.0. The monoisotopic (exact) mass is 354 g/mol. The third kappa shape index (κ3) is 4.44. The number of benzene rings is 2. The van der Waals surface area contributed by atoms with E-state index in [1.165, 1.54) is 30.3 Å². The number of nitrogens with two attached hydrogens (primary N) is 1. The highest BCUT2D eigenvalue weighted by Crippen LogP contribution is 2.28. The van der Waals surface area contributed by atoms with E-state index < -0.39 is 10.1 Å². The molecule has 2 aromatic carbocycles. The van der Waals surface area contributed by atoms with Crippen LogP contribution < -0.4 is 15.2 Å². The van der Waals surface area contributed by atoms with Crippen molar-refractivity contribution in [2.24, 2.45) is 5.73 Å². The average Bonchev–Trinajstić information content (AvgIpc) is 2.51. The van der Waals surface area contributed by atoms with Crippen LogP contribution in [0.25, 0.3) is 0 Å². The van der Waals surface area contributed by atoms with Gasteiger partial charge in [0.15, 0.2) is 5.75 Å². The number of carbonyl (C=O) groups is 1. The van der Waals surface area contributed by atoms with E-state index in [-0.39, 0.29) is 28.1 Å². The fourth-order valence-corrected chi connectivity index (χ4v) is 2.90. The highest BCUT2D eigenvalue weighted by molar-refractivity contribution is 7.87. The second-order valence-corrected chi connectivity index (χ2v) is 6.70. The summed E-state index contributed by atoms with van der Waals surface area (Å²) in [7, 11) is -4.03. The van der Waals surface area contributed by atoms with E-state index in [2.05, 4.69) is 5.32 Å². The summed E-state index contributed by atoms with van der Waals surface area (Å²) in [6.45, 7) is 1.64. The molecule has 8 heteroatoms. The first-order valence-electron chi connectivity index (χ1n) is 6.62. The Morgan fingerprint density at radius 1 is 1.22 bits per heavy atom. The second kappa shape index (κ2) is 6.99. The molecule has 0 radical (unpaired) electrons. The number of hydrogen-bond donors (Lipinski definition) is 2. The molecule has 0 bridgehead atoms. The summed E-state index contributed by atoms with van der Waals surface area (Å²) in [6, 6.07) is 10.4. The first-order chi connectivity index (χ1) is 10.8. The lowest BCUT2D eigenvalue weighted by molar-refractivity contribution is -0.114. The Labute approximate surface area is 139 Å². The van der Waals surface area contributed by atoms with Crippen molar-refractivity contribution in [2.75, 3.05) is 11.9 Å². The van der Waals surface area contributed by atoms with Crippen molar-refractivity contribution in [1.82, 2.24) is 0 Å². The maximum Gasteiger partial charge on any atom is 0.339 e. The van der Waals surface area contributed by atoms with Gasteiger partial charge < -0.3 is 15.2 Å². The van der Waals surface area contributed by atoms with Gasteiger partial charge in [0.25, 0.3) is 0 Å². The quantitative estimate of drug-likeness (QED) is 0.803. The van der Waals surface area contributed by atoms with Gasteiger partial charge in [-0.3, -0.25) is 4.79 Å². The molecule has 0 aliphatic heterocycles. The molecule has 23 heavy (non-hydrogen) atoms. The molecule has 0 atom stereocenters. The van der Waals surface area contributed by atoms with Gasteiger partial charge in [0.2, 0.25) is 5.91 Å². The van der Waals surface area contributed by atoms with Crippen molar-refractivity contribution in [1.29, 1.82) is 0 Å². The Hall–Kier alpha value is -2.09. The Morgan fingerprint density at radius 2 is 1.87 bits per heavy atom. The summed E-state index contributed by atoms with van der Waals surface area (Å²) in [5.41, 5.74) is 6.45. The number of halogens is 1. The summed E-state index contributed by atoms with van der Waals surface area (Å²) < 4.78 is 29.6. The molecular formula is C15H15ClN2O4S. The molecule has 2 aromatic rings. The molecule has 0 heterocycles. The van der Waals surface area contributed by atoms with E-state index in [9.17, 15) is 13.2 Å². The smallest absolute Gasteiger partial charge is 0.339 e. The minimum absolute atomic E-state index is 0.0548. The summed E-state index contributed by atoms with van der Waals surface area (Å²) in [5.74, 6) is -0.310. The van der Waals surface area contributed by atoms with E-state index in [0.717, 1.165) is 5.56 Å². The molecule has 3 N–H and O–H groups in total. The van der Waals surface area contributed by atoms with Crippen LogP contribution in [0.15, 0.2) is 47.4 Å². The van der Waals surface area contributed by atoms with Crippen LogP contribution in [0.1, 0.15) is 5.56 Å². The topological polar surface area (TPSA) is 98.5 Å². The third-order valence-corrected chi connectivity index (χ3v) is 4.46. The zero-order valence-electron chi connectivity index (χ0n) is 12.2. The normalized spacial score (nSPS) is 11.1. The molecule has 0 spiro atoms. The van der Waals surface area contributed by atoms with E-state index in [0.29, 0.717) is 5.69 Å². The van der Waals surface area contributed by atoms with Gasteiger partial charge in [-0.2, -0.15) is 8.42 Å². The molecular weight excluding hydrogens is 340 g/mol. The first kappa shape index (κ1) is 17.3. The third-order valence-electron chi connectivity index (χ3n) is 2.90. The number of nitrogens with one attached hydrogen (secondary N) is 1. The Bertz CT molecular complexity index is 820. The molecule has 0 aliphatic rings. The van der Waals surface area contributed by atoms with Crippen LogP contribution in [0.4, 0.5) is 5.69 Å². The molecule has 0 saturated carbocycles. The van der Waals surface area contributed by atoms with Gasteiger partial charge in [0.05, 0.1) is 11.6 Å². The number of amides is 1. The van der Waals surface area contributed by atoms with Gasteiger partial charge in [-0.05, 0) is 48.9 Å². The summed E-state index contributed by atoms with van der Waals surface area (Å²) in [6.07, 6.45) is 0. The van der Waals surface area contributed by atoms with Crippen LogP contribution in [0.3, 0.4) is 0 Å². The molecule has 6 nitrogen and oxygen atoms in total. The maximum atomic E-state index is 12.3. The summed E-state index contributed by atoms with van der Waals surface area (Å²) in [4.78, 5) is 11.1. The van der Waals surface area contributed by atoms with Gasteiger partial charge >= 0.3 is 10.1 Å². The van der Waals surface area contributed by atoms with Crippen LogP contribution in [-0.2, 0) is 14.9 Å². The minimum Gasteiger partial charge on any atom is -0.377 e. The molecule has 0 saturated heterocycles. The second-order valence-electron chi connectivity index (χ2n) is 4.75. The lowest BCUT2D eigenvalue weighted by Gasteiger charge is -2.10. The number of rotatable bonds is 5. The van der Waals surface area contributed by atoms with E-state index >= 15 is 0 Å². The highest BCUT2D eigenvalue weighted by atomic mass is 35.5. The molecule has 0 aromatic heterocycles. The number of aryl methyl sites for hydroxylation is 1. The molecule has 0 fully saturated rings. The SMILES string of the molecule is Cc1ccc(Cl)c(OS(=O)(=O)c2ccc(NC(=O)CN)cc2)c1. The van der Waals surface area contributed by atoms with Crippen LogP contribution in [-0.4, -0.2) is 20.9 Å². The Morgan fingerprint density at radius 3 is 2.48 bits per heavy atom. The molecule has 2 rings (SSSR count). The predicted molar refractivity (Wildman–Crippen MR) is 88.1 cm³/mol. The molecule has 1 amide bonds. The number of hydrogen-bond acceptors (Lipinski definition) is 5. The highest BCUT2D eigenvalue weighted by Gasteiger charge is 2.18. The summed E-state index contributed by atoms with van der Waals surface area (Å²) in [5, 5.41) is 2.72. The molecule has 122 valence electrons. The summed E-state index contributed by atoms with van der Waals surface area (Å²) >= 11 is 5.94. The Kier molecular flexibility index (Phi) is 5.25.